The Morgan fingerprint density at radius 2 is 2.20 bits per heavy atom. The number of rotatable bonds is 3. The standard InChI is InChI=1S/C14H16N6/c15-9-11-3-6-20(7-4-11)14-8-13(17-10-18-14)19-12-2-1-5-16-12/h1-2,5,8,10-11,16H,3-4,6-7H2,(H,17,18,19). The van der Waals surface area contributed by atoms with Gasteiger partial charge in [-0.15, -0.1) is 0 Å². The van der Waals surface area contributed by atoms with E-state index in [0.29, 0.717) is 0 Å². The zero-order valence-electron chi connectivity index (χ0n) is 11.1. The summed E-state index contributed by atoms with van der Waals surface area (Å²) in [5.74, 6) is 2.76. The lowest BCUT2D eigenvalue weighted by atomic mass is 9.99. The Morgan fingerprint density at radius 3 is 2.90 bits per heavy atom. The third-order valence-electron chi connectivity index (χ3n) is 3.51. The Bertz CT molecular complexity index is 592. The van der Waals surface area contributed by atoms with Crippen molar-refractivity contribution in [3.8, 4) is 6.07 Å². The number of H-pyrrole nitrogens is 1. The highest BCUT2D eigenvalue weighted by Gasteiger charge is 2.19. The maximum atomic E-state index is 8.93. The first-order valence-corrected chi connectivity index (χ1v) is 6.72. The van der Waals surface area contributed by atoms with E-state index in [1.807, 2.05) is 24.4 Å². The average Bonchev–Trinajstić information content (AvgIpc) is 3.01. The van der Waals surface area contributed by atoms with E-state index < -0.39 is 0 Å². The number of nitriles is 1. The molecule has 2 N–H and O–H groups in total. The molecular formula is C14H16N6. The van der Waals surface area contributed by atoms with Gasteiger partial charge in [0.25, 0.3) is 0 Å². The molecule has 2 aromatic rings. The number of piperidine rings is 1. The van der Waals surface area contributed by atoms with Crippen molar-refractivity contribution in [1.29, 1.82) is 5.26 Å². The Balaban J connectivity index is 1.70. The number of aromatic nitrogens is 3. The van der Waals surface area contributed by atoms with Crippen LogP contribution in [0.1, 0.15) is 12.8 Å². The smallest absolute Gasteiger partial charge is 0.136 e. The highest BCUT2D eigenvalue weighted by Crippen LogP contribution is 2.23. The first-order valence-electron chi connectivity index (χ1n) is 6.72. The van der Waals surface area contributed by atoms with Crippen LogP contribution in [0.3, 0.4) is 0 Å². The van der Waals surface area contributed by atoms with Crippen LogP contribution in [0.15, 0.2) is 30.7 Å². The molecule has 0 aliphatic carbocycles. The highest BCUT2D eigenvalue weighted by molar-refractivity contribution is 5.56. The molecule has 0 radical (unpaired) electrons. The van der Waals surface area contributed by atoms with E-state index in [4.69, 9.17) is 5.26 Å². The molecule has 6 nitrogen and oxygen atoms in total. The Kier molecular flexibility index (Phi) is 3.50. The minimum absolute atomic E-state index is 0.185. The average molecular weight is 268 g/mol. The summed E-state index contributed by atoms with van der Waals surface area (Å²) >= 11 is 0. The summed E-state index contributed by atoms with van der Waals surface area (Å²) in [5.41, 5.74) is 0. The van der Waals surface area contributed by atoms with E-state index in [0.717, 1.165) is 43.4 Å². The second-order valence-corrected chi connectivity index (χ2v) is 4.86. The molecule has 1 aliphatic heterocycles. The van der Waals surface area contributed by atoms with Crippen LogP contribution < -0.4 is 10.2 Å². The van der Waals surface area contributed by atoms with E-state index in [1.165, 1.54) is 0 Å². The first kappa shape index (κ1) is 12.5. The topological polar surface area (TPSA) is 80.6 Å². The molecule has 1 aliphatic rings. The minimum Gasteiger partial charge on any atom is -0.356 e. The fraction of sp³-hybridized carbons (Fsp3) is 0.357. The van der Waals surface area contributed by atoms with Crippen LogP contribution in [-0.4, -0.2) is 28.0 Å². The van der Waals surface area contributed by atoms with Gasteiger partial charge in [0.15, 0.2) is 0 Å². The van der Waals surface area contributed by atoms with Crippen molar-refractivity contribution in [2.75, 3.05) is 23.3 Å². The zero-order valence-corrected chi connectivity index (χ0v) is 11.1. The van der Waals surface area contributed by atoms with E-state index in [2.05, 4.69) is 31.2 Å². The van der Waals surface area contributed by atoms with Crippen molar-refractivity contribution in [1.82, 2.24) is 15.0 Å². The van der Waals surface area contributed by atoms with Crippen LogP contribution >= 0.6 is 0 Å². The molecule has 20 heavy (non-hydrogen) atoms. The molecule has 0 aromatic carbocycles. The van der Waals surface area contributed by atoms with Crippen molar-refractivity contribution >= 4 is 17.5 Å². The van der Waals surface area contributed by atoms with Crippen LogP contribution in [0.5, 0.6) is 0 Å². The van der Waals surface area contributed by atoms with Crippen LogP contribution in [0.2, 0.25) is 0 Å². The number of nitrogens with zero attached hydrogens (tertiary/aromatic N) is 4. The van der Waals surface area contributed by atoms with E-state index in [-0.39, 0.29) is 5.92 Å². The summed E-state index contributed by atoms with van der Waals surface area (Å²) in [7, 11) is 0. The maximum Gasteiger partial charge on any atom is 0.136 e. The second kappa shape index (κ2) is 5.61. The third kappa shape index (κ3) is 2.72. The van der Waals surface area contributed by atoms with Gasteiger partial charge in [-0.2, -0.15) is 5.26 Å². The fourth-order valence-corrected chi connectivity index (χ4v) is 2.37. The normalized spacial score (nSPS) is 15.8. The van der Waals surface area contributed by atoms with Crippen molar-refractivity contribution in [3.05, 3.63) is 30.7 Å². The van der Waals surface area contributed by atoms with Gasteiger partial charge in [-0.25, -0.2) is 9.97 Å². The fourth-order valence-electron chi connectivity index (χ4n) is 2.37. The van der Waals surface area contributed by atoms with Gasteiger partial charge in [-0.3, -0.25) is 0 Å². The molecule has 3 heterocycles. The van der Waals surface area contributed by atoms with E-state index >= 15 is 0 Å². The quantitative estimate of drug-likeness (QED) is 0.892. The third-order valence-corrected chi connectivity index (χ3v) is 3.51. The minimum atomic E-state index is 0.185. The molecule has 0 atom stereocenters. The van der Waals surface area contributed by atoms with Crippen LogP contribution in [0.25, 0.3) is 0 Å². The molecule has 1 saturated heterocycles. The van der Waals surface area contributed by atoms with Crippen LogP contribution in [-0.2, 0) is 0 Å². The Morgan fingerprint density at radius 1 is 1.35 bits per heavy atom. The summed E-state index contributed by atoms with van der Waals surface area (Å²) in [6.07, 6.45) is 5.23. The monoisotopic (exact) mass is 268 g/mol. The van der Waals surface area contributed by atoms with Gasteiger partial charge < -0.3 is 15.2 Å². The van der Waals surface area contributed by atoms with Gasteiger partial charge in [0.05, 0.1) is 6.07 Å². The van der Waals surface area contributed by atoms with Crippen LogP contribution in [0, 0.1) is 17.2 Å². The summed E-state index contributed by atoms with van der Waals surface area (Å²) in [6, 6.07) is 8.15. The van der Waals surface area contributed by atoms with Crippen molar-refractivity contribution in [2.45, 2.75) is 12.8 Å². The number of anilines is 3. The Labute approximate surface area is 117 Å². The van der Waals surface area contributed by atoms with Gasteiger partial charge in [0, 0.05) is 31.3 Å². The van der Waals surface area contributed by atoms with Crippen molar-refractivity contribution in [2.24, 2.45) is 5.92 Å². The molecular weight excluding hydrogens is 252 g/mol. The molecule has 2 aromatic heterocycles. The van der Waals surface area contributed by atoms with Gasteiger partial charge in [0.1, 0.15) is 23.8 Å². The molecule has 102 valence electrons. The molecule has 0 amide bonds. The molecule has 6 heteroatoms. The highest BCUT2D eigenvalue weighted by atomic mass is 15.2. The molecule has 0 saturated carbocycles. The first-order chi connectivity index (χ1) is 9.85. The molecule has 0 bridgehead atoms. The van der Waals surface area contributed by atoms with E-state index in [9.17, 15) is 0 Å². The van der Waals surface area contributed by atoms with Crippen molar-refractivity contribution < 1.29 is 0 Å². The largest absolute Gasteiger partial charge is 0.356 e. The van der Waals surface area contributed by atoms with Crippen molar-refractivity contribution in [3.63, 3.8) is 0 Å². The number of hydrogen-bond donors (Lipinski definition) is 2. The zero-order chi connectivity index (χ0) is 13.8. The Hall–Kier alpha value is -2.55. The summed E-state index contributed by atoms with van der Waals surface area (Å²) < 4.78 is 0. The van der Waals surface area contributed by atoms with Gasteiger partial charge in [0.2, 0.25) is 0 Å². The van der Waals surface area contributed by atoms with Crippen LogP contribution in [0.4, 0.5) is 17.5 Å². The summed E-state index contributed by atoms with van der Waals surface area (Å²) in [4.78, 5) is 13.8. The number of nitrogens with one attached hydrogen (secondary N) is 2. The van der Waals surface area contributed by atoms with Gasteiger partial charge in [-0.05, 0) is 25.0 Å². The molecule has 1 fully saturated rings. The molecule has 0 unspecified atom stereocenters. The predicted molar refractivity (Wildman–Crippen MR) is 76.7 cm³/mol. The summed E-state index contributed by atoms with van der Waals surface area (Å²) in [6.45, 7) is 1.74. The lowest BCUT2D eigenvalue weighted by Gasteiger charge is -2.30. The predicted octanol–water partition coefficient (Wildman–Crippen LogP) is 2.29. The second-order valence-electron chi connectivity index (χ2n) is 4.86. The summed E-state index contributed by atoms with van der Waals surface area (Å²) in [5, 5.41) is 12.1. The lowest BCUT2D eigenvalue weighted by Crippen LogP contribution is -2.33. The number of aromatic amines is 1. The van der Waals surface area contributed by atoms with E-state index in [1.54, 1.807) is 6.33 Å². The number of hydrogen-bond acceptors (Lipinski definition) is 5. The molecule has 0 spiro atoms. The lowest BCUT2D eigenvalue weighted by molar-refractivity contribution is 0.485. The molecule has 3 rings (SSSR count). The van der Waals surface area contributed by atoms with Gasteiger partial charge in [-0.1, -0.05) is 0 Å². The van der Waals surface area contributed by atoms with Gasteiger partial charge >= 0.3 is 0 Å². The SMILES string of the molecule is N#CC1CCN(c2cc(Nc3ccc[nH]3)ncn2)CC1. The maximum absolute atomic E-state index is 8.93.